The Labute approximate surface area is 201 Å². The van der Waals surface area contributed by atoms with E-state index in [-0.39, 0.29) is 17.2 Å². The monoisotopic (exact) mass is 526 g/mol. The third kappa shape index (κ3) is 6.95. The van der Waals surface area contributed by atoms with Gasteiger partial charge in [-0.1, -0.05) is 0 Å². The number of ether oxygens (including phenoxy) is 3. The summed E-state index contributed by atoms with van der Waals surface area (Å²) in [5, 5.41) is 3.42. The average Bonchev–Trinajstić information content (AvgIpc) is 2.72. The van der Waals surface area contributed by atoms with Crippen molar-refractivity contribution < 1.29 is 19.0 Å². The summed E-state index contributed by atoms with van der Waals surface area (Å²) in [6.45, 7) is 9.12. The normalized spacial score (nSPS) is 14.8. The number of nitrogens with one attached hydrogen (secondary N) is 1. The molecule has 8 nitrogen and oxygen atoms in total. The van der Waals surface area contributed by atoms with Gasteiger partial charge in [-0.3, -0.25) is 9.69 Å². The highest BCUT2D eigenvalue weighted by Gasteiger charge is 2.21. The number of nitrogens with zero attached hydrogens (tertiary/aromatic N) is 3. The Morgan fingerprint density at radius 1 is 1.16 bits per heavy atom. The molecule has 0 unspecified atom stereocenters. The van der Waals surface area contributed by atoms with Gasteiger partial charge in [-0.05, 0) is 71.9 Å². The minimum Gasteiger partial charge on any atom is -0.493 e. The smallest absolute Gasteiger partial charge is 0.309 e. The molecule has 2 aromatic rings. The number of anilines is 1. The Bertz CT molecular complexity index is 911. The fourth-order valence-corrected chi connectivity index (χ4v) is 4.24. The molecule has 3 rings (SSSR count). The Morgan fingerprint density at radius 2 is 1.78 bits per heavy atom. The Morgan fingerprint density at radius 3 is 2.34 bits per heavy atom. The lowest BCUT2D eigenvalue weighted by atomic mass is 10.0. The van der Waals surface area contributed by atoms with Gasteiger partial charge in [-0.2, -0.15) is 4.98 Å². The largest absolute Gasteiger partial charge is 0.493 e. The lowest BCUT2D eigenvalue weighted by molar-refractivity contribution is -0.132. The number of hydrogen-bond acceptors (Lipinski definition) is 8. The van der Waals surface area contributed by atoms with E-state index in [2.05, 4.69) is 48.2 Å². The molecule has 2 heterocycles. The van der Waals surface area contributed by atoms with Crippen LogP contribution in [-0.4, -0.2) is 53.2 Å². The van der Waals surface area contributed by atoms with Crippen LogP contribution in [0.1, 0.15) is 39.2 Å². The van der Waals surface area contributed by atoms with Gasteiger partial charge in [0.15, 0.2) is 0 Å². The first-order valence-electron chi connectivity index (χ1n) is 10.7. The quantitative estimate of drug-likeness (QED) is 0.371. The average molecular weight is 528 g/mol. The molecule has 10 heteroatoms. The van der Waals surface area contributed by atoms with Gasteiger partial charge in [-0.25, -0.2) is 4.98 Å². The third-order valence-corrected chi connectivity index (χ3v) is 5.89. The van der Waals surface area contributed by atoms with Crippen LogP contribution in [0.5, 0.6) is 17.4 Å². The topological polar surface area (TPSA) is 85.8 Å². The highest BCUT2D eigenvalue weighted by molar-refractivity contribution is 9.10. The van der Waals surface area contributed by atoms with E-state index in [1.165, 1.54) is 6.92 Å². The van der Waals surface area contributed by atoms with Gasteiger partial charge >= 0.3 is 5.97 Å². The summed E-state index contributed by atoms with van der Waals surface area (Å²) < 4.78 is 17.4. The SMILES string of the molecule is CCOc1cc(CN2CCC(Nc3cc(OC(C)=O)nc(Cl)n3)CC2)cc(OCC)c1Br. The number of piperidine rings is 1. The molecule has 0 aliphatic carbocycles. The molecule has 174 valence electrons. The van der Waals surface area contributed by atoms with Crippen LogP contribution in [0.25, 0.3) is 0 Å². The molecule has 0 saturated carbocycles. The Hall–Kier alpha value is -2.10. The zero-order chi connectivity index (χ0) is 23.1. The number of benzene rings is 1. The van der Waals surface area contributed by atoms with Crippen molar-refractivity contribution in [2.24, 2.45) is 0 Å². The van der Waals surface area contributed by atoms with Crippen LogP contribution in [0.4, 0.5) is 5.82 Å². The molecular weight excluding hydrogens is 500 g/mol. The van der Waals surface area contributed by atoms with Crippen molar-refractivity contribution in [3.05, 3.63) is 33.5 Å². The molecule has 1 N–H and O–H groups in total. The maximum atomic E-state index is 11.2. The number of likely N-dealkylation sites (tertiary alicyclic amines) is 1. The molecule has 1 aliphatic rings. The van der Waals surface area contributed by atoms with Gasteiger partial charge in [-0.15, -0.1) is 0 Å². The van der Waals surface area contributed by atoms with E-state index < -0.39 is 5.97 Å². The number of esters is 1. The molecular formula is C22H28BrClN4O4. The minimum absolute atomic E-state index is 0.0362. The zero-order valence-corrected chi connectivity index (χ0v) is 20.8. The molecule has 0 atom stereocenters. The maximum absolute atomic E-state index is 11.2. The summed E-state index contributed by atoms with van der Waals surface area (Å²) in [7, 11) is 0. The second-order valence-corrected chi connectivity index (χ2v) is 8.55. The first-order chi connectivity index (χ1) is 15.4. The fourth-order valence-electron chi connectivity index (χ4n) is 3.61. The van der Waals surface area contributed by atoms with Gasteiger partial charge in [0.25, 0.3) is 0 Å². The van der Waals surface area contributed by atoms with Crippen LogP contribution >= 0.6 is 27.5 Å². The Balaban J connectivity index is 1.59. The van der Waals surface area contributed by atoms with Crippen molar-refractivity contribution in [2.45, 2.75) is 46.2 Å². The number of hydrogen-bond donors (Lipinski definition) is 1. The Kier molecular flexibility index (Phi) is 8.95. The van der Waals surface area contributed by atoms with Gasteiger partial charge in [0.1, 0.15) is 21.8 Å². The van der Waals surface area contributed by atoms with E-state index in [1.807, 2.05) is 13.8 Å². The molecule has 32 heavy (non-hydrogen) atoms. The van der Waals surface area contributed by atoms with Crippen molar-refractivity contribution >= 4 is 39.3 Å². The number of carbonyl (C=O) groups excluding carboxylic acids is 1. The van der Waals surface area contributed by atoms with Crippen molar-refractivity contribution in [3.63, 3.8) is 0 Å². The van der Waals surface area contributed by atoms with Crippen molar-refractivity contribution in [2.75, 3.05) is 31.6 Å². The molecule has 1 aromatic heterocycles. The summed E-state index contributed by atoms with van der Waals surface area (Å²) in [6.07, 6.45) is 1.88. The summed E-state index contributed by atoms with van der Waals surface area (Å²) in [5.74, 6) is 1.84. The van der Waals surface area contributed by atoms with Crippen molar-refractivity contribution in [1.29, 1.82) is 0 Å². The van der Waals surface area contributed by atoms with Crippen LogP contribution in [0.3, 0.4) is 0 Å². The van der Waals surface area contributed by atoms with Crippen molar-refractivity contribution in [3.8, 4) is 17.4 Å². The van der Waals surface area contributed by atoms with Crippen LogP contribution in [0, 0.1) is 0 Å². The number of halogens is 2. The standard InChI is InChI=1S/C22H28BrClN4O4/c1-4-30-17-10-15(11-18(21(17)23)31-5-2)13-28-8-6-16(7-9-28)25-19-12-20(32-14(3)29)27-22(24)26-19/h10-12,16H,4-9,13H2,1-3H3,(H,25,26,27). The number of aromatic nitrogens is 2. The van der Waals surface area contributed by atoms with E-state index in [0.717, 1.165) is 54.0 Å². The molecule has 1 saturated heterocycles. The van der Waals surface area contributed by atoms with Gasteiger partial charge in [0.2, 0.25) is 11.2 Å². The molecule has 1 aromatic carbocycles. The van der Waals surface area contributed by atoms with Gasteiger partial charge < -0.3 is 19.5 Å². The number of carbonyl (C=O) groups is 1. The van der Waals surface area contributed by atoms with Crippen LogP contribution in [0.2, 0.25) is 5.28 Å². The van der Waals surface area contributed by atoms with E-state index >= 15 is 0 Å². The van der Waals surface area contributed by atoms with Crippen molar-refractivity contribution in [1.82, 2.24) is 14.9 Å². The van der Waals surface area contributed by atoms with Crippen LogP contribution < -0.4 is 19.5 Å². The van der Waals surface area contributed by atoms with Gasteiger partial charge in [0.05, 0.1) is 13.2 Å². The summed E-state index contributed by atoms with van der Waals surface area (Å²) >= 11 is 9.55. The van der Waals surface area contributed by atoms with Crippen LogP contribution in [-0.2, 0) is 11.3 Å². The highest BCUT2D eigenvalue weighted by Crippen LogP contribution is 2.36. The first-order valence-corrected chi connectivity index (χ1v) is 11.8. The van der Waals surface area contributed by atoms with Gasteiger partial charge in [0, 0.05) is 38.7 Å². The second kappa shape index (κ2) is 11.7. The fraction of sp³-hybridized carbons (Fsp3) is 0.500. The van der Waals surface area contributed by atoms with E-state index in [1.54, 1.807) is 6.07 Å². The zero-order valence-electron chi connectivity index (χ0n) is 18.5. The first kappa shape index (κ1) is 24.5. The van der Waals surface area contributed by atoms with E-state index in [0.29, 0.717) is 19.0 Å². The third-order valence-electron chi connectivity index (χ3n) is 4.93. The molecule has 1 fully saturated rings. The van der Waals surface area contributed by atoms with Crippen LogP contribution in [0.15, 0.2) is 22.7 Å². The lowest BCUT2D eigenvalue weighted by Gasteiger charge is -2.32. The molecule has 0 spiro atoms. The minimum atomic E-state index is -0.452. The predicted octanol–water partition coefficient (Wildman–Crippen LogP) is 4.69. The molecule has 1 aliphatic heterocycles. The summed E-state index contributed by atoms with van der Waals surface area (Å²) in [5.41, 5.74) is 1.15. The second-order valence-electron chi connectivity index (χ2n) is 7.42. The highest BCUT2D eigenvalue weighted by atomic mass is 79.9. The molecule has 0 bridgehead atoms. The van der Waals surface area contributed by atoms with E-state index in [4.69, 9.17) is 25.8 Å². The summed E-state index contributed by atoms with van der Waals surface area (Å²) in [4.78, 5) is 21.7. The molecule has 0 radical (unpaired) electrons. The molecule has 0 amide bonds. The van der Waals surface area contributed by atoms with E-state index in [9.17, 15) is 4.79 Å². The maximum Gasteiger partial charge on any atom is 0.309 e. The summed E-state index contributed by atoms with van der Waals surface area (Å²) in [6, 6.07) is 5.97. The lowest BCUT2D eigenvalue weighted by Crippen LogP contribution is -2.38. The number of rotatable bonds is 9. The predicted molar refractivity (Wildman–Crippen MR) is 127 cm³/mol.